The van der Waals surface area contributed by atoms with Gasteiger partial charge in [-0.1, -0.05) is 0 Å². The smallest absolute Gasteiger partial charge is 0.377 e. The quantitative estimate of drug-likeness (QED) is 0.614. The third-order valence-corrected chi connectivity index (χ3v) is 2.28. The Bertz CT molecular complexity index is 250. The number of hydrogen-bond donors (Lipinski definition) is 2. The first-order chi connectivity index (χ1) is 7.49. The minimum Gasteiger partial charge on any atom is -0.456 e. The Kier molecular flexibility index (Phi) is 4.57. The van der Waals surface area contributed by atoms with E-state index in [0.717, 1.165) is 0 Å². The number of nitrogens with one attached hydrogen (secondary N) is 1. The molecule has 1 fully saturated rings. The standard InChI is InChI=1S/C9H15F2NO4/c1-15-5-6(4-13)12-3-7-2-9(10,11)8(14)16-7/h6-7,12-13H,2-5H2,1H3. The fraction of sp³-hybridized carbons (Fsp3) is 0.889. The average molecular weight is 239 g/mol. The van der Waals surface area contributed by atoms with Crippen molar-refractivity contribution < 1.29 is 28.2 Å². The van der Waals surface area contributed by atoms with Gasteiger partial charge in [0.2, 0.25) is 0 Å². The van der Waals surface area contributed by atoms with Crippen LogP contribution in [0.5, 0.6) is 0 Å². The summed E-state index contributed by atoms with van der Waals surface area (Å²) < 4.78 is 34.8. The van der Waals surface area contributed by atoms with Gasteiger partial charge in [-0.2, -0.15) is 8.78 Å². The van der Waals surface area contributed by atoms with Gasteiger partial charge in [-0.3, -0.25) is 0 Å². The van der Waals surface area contributed by atoms with Gasteiger partial charge in [0.25, 0.3) is 0 Å². The van der Waals surface area contributed by atoms with E-state index in [2.05, 4.69) is 10.1 Å². The van der Waals surface area contributed by atoms with Crippen molar-refractivity contribution in [2.24, 2.45) is 0 Å². The SMILES string of the molecule is COCC(CO)NCC1CC(F)(F)C(=O)O1. The first-order valence-electron chi connectivity index (χ1n) is 4.91. The van der Waals surface area contributed by atoms with E-state index in [1.807, 2.05) is 0 Å². The lowest BCUT2D eigenvalue weighted by atomic mass is 10.2. The van der Waals surface area contributed by atoms with E-state index >= 15 is 0 Å². The molecule has 5 nitrogen and oxygen atoms in total. The summed E-state index contributed by atoms with van der Waals surface area (Å²) in [7, 11) is 1.47. The summed E-state index contributed by atoms with van der Waals surface area (Å²) in [5.41, 5.74) is 0. The predicted molar refractivity (Wildman–Crippen MR) is 50.2 cm³/mol. The number of esters is 1. The molecule has 2 unspecified atom stereocenters. The molecule has 2 atom stereocenters. The number of alkyl halides is 2. The molecule has 16 heavy (non-hydrogen) atoms. The van der Waals surface area contributed by atoms with Crippen LogP contribution in [0.2, 0.25) is 0 Å². The zero-order valence-corrected chi connectivity index (χ0v) is 8.91. The third kappa shape index (κ3) is 3.36. The maximum absolute atomic E-state index is 12.8. The van der Waals surface area contributed by atoms with Gasteiger partial charge in [0, 0.05) is 13.7 Å². The predicted octanol–water partition coefficient (Wildman–Crippen LogP) is -0.466. The van der Waals surface area contributed by atoms with Gasteiger partial charge in [0.1, 0.15) is 6.10 Å². The van der Waals surface area contributed by atoms with Crippen molar-refractivity contribution in [1.82, 2.24) is 5.32 Å². The van der Waals surface area contributed by atoms with Crippen molar-refractivity contribution in [2.75, 3.05) is 26.9 Å². The lowest BCUT2D eigenvalue weighted by Gasteiger charge is -2.17. The zero-order chi connectivity index (χ0) is 12.2. The summed E-state index contributed by atoms with van der Waals surface area (Å²) in [6.07, 6.45) is -1.47. The fourth-order valence-electron chi connectivity index (χ4n) is 1.44. The zero-order valence-electron chi connectivity index (χ0n) is 8.91. The van der Waals surface area contributed by atoms with Gasteiger partial charge >= 0.3 is 11.9 Å². The fourth-order valence-corrected chi connectivity index (χ4v) is 1.44. The third-order valence-electron chi connectivity index (χ3n) is 2.28. The van der Waals surface area contributed by atoms with Crippen molar-refractivity contribution in [3.63, 3.8) is 0 Å². The van der Waals surface area contributed by atoms with E-state index in [1.165, 1.54) is 7.11 Å². The van der Waals surface area contributed by atoms with Crippen LogP contribution in [0, 0.1) is 0 Å². The van der Waals surface area contributed by atoms with Crippen molar-refractivity contribution in [3.8, 4) is 0 Å². The van der Waals surface area contributed by atoms with Crippen LogP contribution in [0.3, 0.4) is 0 Å². The van der Waals surface area contributed by atoms with Gasteiger partial charge in [-0.25, -0.2) is 4.79 Å². The highest BCUT2D eigenvalue weighted by Crippen LogP contribution is 2.30. The highest BCUT2D eigenvalue weighted by Gasteiger charge is 2.50. The largest absolute Gasteiger partial charge is 0.456 e. The molecule has 0 bridgehead atoms. The second kappa shape index (κ2) is 5.51. The van der Waals surface area contributed by atoms with Crippen LogP contribution in [-0.4, -0.2) is 56.0 Å². The van der Waals surface area contributed by atoms with Gasteiger partial charge < -0.3 is 19.9 Å². The van der Waals surface area contributed by atoms with E-state index < -0.39 is 24.4 Å². The van der Waals surface area contributed by atoms with Crippen LogP contribution >= 0.6 is 0 Å². The molecule has 94 valence electrons. The van der Waals surface area contributed by atoms with E-state index in [4.69, 9.17) is 9.84 Å². The summed E-state index contributed by atoms with van der Waals surface area (Å²) in [6, 6.07) is -0.349. The first kappa shape index (κ1) is 13.3. The van der Waals surface area contributed by atoms with Gasteiger partial charge in [0.05, 0.1) is 25.7 Å². The molecule has 0 saturated carbocycles. The topological polar surface area (TPSA) is 67.8 Å². The summed E-state index contributed by atoms with van der Waals surface area (Å²) in [4.78, 5) is 10.7. The number of hydrogen-bond acceptors (Lipinski definition) is 5. The van der Waals surface area contributed by atoms with Crippen LogP contribution in [0.25, 0.3) is 0 Å². The van der Waals surface area contributed by atoms with Crippen LogP contribution in [-0.2, 0) is 14.3 Å². The summed E-state index contributed by atoms with van der Waals surface area (Å²) in [5, 5.41) is 11.7. The highest BCUT2D eigenvalue weighted by molar-refractivity contribution is 5.79. The van der Waals surface area contributed by atoms with Crippen LogP contribution in [0.1, 0.15) is 6.42 Å². The Morgan fingerprint density at radius 1 is 1.75 bits per heavy atom. The van der Waals surface area contributed by atoms with E-state index in [-0.39, 0.29) is 25.8 Å². The van der Waals surface area contributed by atoms with Crippen LogP contribution < -0.4 is 5.32 Å². The molecule has 0 spiro atoms. The Morgan fingerprint density at radius 2 is 2.44 bits per heavy atom. The van der Waals surface area contributed by atoms with Gasteiger partial charge in [-0.15, -0.1) is 0 Å². The molecule has 2 N–H and O–H groups in total. The molecular formula is C9H15F2NO4. The minimum atomic E-state index is -3.39. The molecule has 0 aromatic heterocycles. The Morgan fingerprint density at radius 3 is 2.88 bits per heavy atom. The second-order valence-corrected chi connectivity index (χ2v) is 3.68. The summed E-state index contributed by atoms with van der Waals surface area (Å²) >= 11 is 0. The molecular weight excluding hydrogens is 224 g/mol. The molecule has 0 aromatic rings. The molecule has 1 aliphatic heterocycles. The van der Waals surface area contributed by atoms with Crippen molar-refractivity contribution >= 4 is 5.97 Å². The van der Waals surface area contributed by atoms with Crippen molar-refractivity contribution in [1.29, 1.82) is 0 Å². The molecule has 0 amide bonds. The molecule has 1 saturated heterocycles. The molecule has 1 heterocycles. The van der Waals surface area contributed by atoms with E-state index in [0.29, 0.717) is 0 Å². The van der Waals surface area contributed by atoms with Gasteiger partial charge in [0.15, 0.2) is 0 Å². The van der Waals surface area contributed by atoms with Crippen molar-refractivity contribution in [2.45, 2.75) is 24.5 Å². The first-order valence-corrected chi connectivity index (χ1v) is 4.91. The molecule has 0 aliphatic carbocycles. The number of aliphatic hydroxyl groups is 1. The molecule has 0 aromatic carbocycles. The number of carbonyl (C=O) groups excluding carboxylic acids is 1. The van der Waals surface area contributed by atoms with E-state index in [1.54, 1.807) is 0 Å². The van der Waals surface area contributed by atoms with Gasteiger partial charge in [-0.05, 0) is 0 Å². The van der Waals surface area contributed by atoms with E-state index in [9.17, 15) is 13.6 Å². The molecule has 7 heteroatoms. The minimum absolute atomic E-state index is 0.0793. The Hall–Kier alpha value is -0.790. The number of rotatable bonds is 6. The normalized spacial score (nSPS) is 25.5. The summed E-state index contributed by atoms with van der Waals surface area (Å²) in [6.45, 7) is 0.161. The Balaban J connectivity index is 2.31. The Labute approximate surface area is 91.7 Å². The maximum Gasteiger partial charge on any atom is 0.377 e. The number of ether oxygens (including phenoxy) is 2. The number of carbonyl (C=O) groups is 1. The van der Waals surface area contributed by atoms with Crippen LogP contribution in [0.4, 0.5) is 8.78 Å². The lowest BCUT2D eigenvalue weighted by Crippen LogP contribution is -2.40. The molecule has 1 aliphatic rings. The highest BCUT2D eigenvalue weighted by atomic mass is 19.3. The number of aliphatic hydroxyl groups excluding tert-OH is 1. The maximum atomic E-state index is 12.8. The second-order valence-electron chi connectivity index (χ2n) is 3.68. The van der Waals surface area contributed by atoms with Crippen molar-refractivity contribution in [3.05, 3.63) is 0 Å². The molecule has 1 rings (SSSR count). The summed E-state index contributed by atoms with van der Waals surface area (Å²) in [5.74, 6) is -4.87. The average Bonchev–Trinajstić information content (AvgIpc) is 2.47. The monoisotopic (exact) mass is 239 g/mol. The number of methoxy groups -OCH3 is 1. The van der Waals surface area contributed by atoms with Crippen LogP contribution in [0.15, 0.2) is 0 Å². The number of cyclic esters (lactones) is 1. The molecule has 0 radical (unpaired) electrons. The lowest BCUT2D eigenvalue weighted by molar-refractivity contribution is -0.159. The number of halogens is 2.